The molecular weight excluding hydrogens is 360 g/mol. The Bertz CT molecular complexity index is 892. The first kappa shape index (κ1) is 19.4. The highest BCUT2D eigenvalue weighted by Gasteiger charge is 2.30. The second-order valence-corrected chi connectivity index (χ2v) is 7.77. The summed E-state index contributed by atoms with van der Waals surface area (Å²) in [6.45, 7) is 1.45. The first-order valence-corrected chi connectivity index (χ1v) is 9.19. The number of nitro benzene ring substituents is 1. The highest BCUT2D eigenvalue weighted by Crippen LogP contribution is 2.20. The molecule has 0 fully saturated rings. The van der Waals surface area contributed by atoms with Crippen molar-refractivity contribution in [1.82, 2.24) is 5.32 Å². The number of nitrogens with zero attached hydrogens (tertiary/aromatic N) is 1. The molecule has 1 atom stereocenters. The van der Waals surface area contributed by atoms with Crippen molar-refractivity contribution >= 4 is 21.4 Å². The van der Waals surface area contributed by atoms with Gasteiger partial charge in [0.1, 0.15) is 11.0 Å². The molecular formula is C17H18N2O6S. The lowest BCUT2D eigenvalue weighted by Crippen LogP contribution is -2.37. The Morgan fingerprint density at radius 3 is 2.23 bits per heavy atom. The topological polar surface area (TPSA) is 116 Å². The van der Waals surface area contributed by atoms with Gasteiger partial charge in [0, 0.05) is 18.7 Å². The van der Waals surface area contributed by atoms with Crippen molar-refractivity contribution in [2.24, 2.45) is 0 Å². The van der Waals surface area contributed by atoms with Crippen molar-refractivity contribution in [3.05, 3.63) is 64.2 Å². The Labute approximate surface area is 150 Å². The molecule has 0 unspecified atom stereocenters. The number of carbonyl (C=O) groups is 1. The van der Waals surface area contributed by atoms with E-state index < -0.39 is 25.9 Å². The van der Waals surface area contributed by atoms with Gasteiger partial charge in [-0.15, -0.1) is 0 Å². The fraction of sp³-hybridized carbons (Fsp3) is 0.235. The molecule has 0 saturated heterocycles. The van der Waals surface area contributed by atoms with Gasteiger partial charge in [0.2, 0.25) is 5.91 Å². The molecule has 0 aliphatic heterocycles. The standard InChI is InChI=1S/C17H18N2O6S/c1-12(17(20)18-11-13-3-7-15(25-2)8-4-13)26(23,24)16-9-5-14(6-10-16)19(21)22/h3-10,12H,11H2,1-2H3,(H,18,20)/t12-/m0/s1. The van der Waals surface area contributed by atoms with Crippen molar-refractivity contribution in [1.29, 1.82) is 0 Å². The van der Waals surface area contributed by atoms with Gasteiger partial charge in [-0.1, -0.05) is 12.1 Å². The largest absolute Gasteiger partial charge is 0.497 e. The first-order valence-electron chi connectivity index (χ1n) is 7.64. The highest BCUT2D eigenvalue weighted by molar-refractivity contribution is 7.92. The summed E-state index contributed by atoms with van der Waals surface area (Å²) >= 11 is 0. The molecule has 9 heteroatoms. The van der Waals surface area contributed by atoms with E-state index in [-0.39, 0.29) is 17.1 Å². The monoisotopic (exact) mass is 378 g/mol. The number of hydrogen-bond donors (Lipinski definition) is 1. The van der Waals surface area contributed by atoms with Crippen molar-refractivity contribution < 1.29 is 22.9 Å². The van der Waals surface area contributed by atoms with Crippen LogP contribution >= 0.6 is 0 Å². The third kappa shape index (κ3) is 4.37. The number of hydrogen-bond acceptors (Lipinski definition) is 6. The summed E-state index contributed by atoms with van der Waals surface area (Å²) < 4.78 is 30.0. The lowest BCUT2D eigenvalue weighted by molar-refractivity contribution is -0.384. The number of amides is 1. The Kier molecular flexibility index (Phi) is 5.93. The Morgan fingerprint density at radius 2 is 1.73 bits per heavy atom. The summed E-state index contributed by atoms with van der Waals surface area (Å²) in [5.41, 5.74) is 0.569. The zero-order chi connectivity index (χ0) is 19.3. The molecule has 1 N–H and O–H groups in total. The van der Waals surface area contributed by atoms with E-state index in [2.05, 4.69) is 5.32 Å². The van der Waals surface area contributed by atoms with E-state index in [1.807, 2.05) is 0 Å². The quantitative estimate of drug-likeness (QED) is 0.582. The average molecular weight is 378 g/mol. The number of methoxy groups -OCH3 is 1. The van der Waals surface area contributed by atoms with Crippen LogP contribution in [0.3, 0.4) is 0 Å². The number of carbonyl (C=O) groups excluding carboxylic acids is 1. The van der Waals surface area contributed by atoms with E-state index >= 15 is 0 Å². The van der Waals surface area contributed by atoms with E-state index in [0.29, 0.717) is 5.75 Å². The lowest BCUT2D eigenvalue weighted by atomic mass is 10.2. The van der Waals surface area contributed by atoms with Crippen LogP contribution in [-0.2, 0) is 21.2 Å². The molecule has 0 spiro atoms. The molecule has 1 amide bonds. The molecule has 2 rings (SSSR count). The fourth-order valence-corrected chi connectivity index (χ4v) is 3.47. The average Bonchev–Trinajstić information content (AvgIpc) is 2.65. The Balaban J connectivity index is 2.06. The van der Waals surface area contributed by atoms with Gasteiger partial charge < -0.3 is 10.1 Å². The number of sulfone groups is 1. The zero-order valence-electron chi connectivity index (χ0n) is 14.2. The van der Waals surface area contributed by atoms with Crippen LogP contribution in [0.1, 0.15) is 12.5 Å². The van der Waals surface area contributed by atoms with Gasteiger partial charge in [0.05, 0.1) is 16.9 Å². The second-order valence-electron chi connectivity index (χ2n) is 5.50. The van der Waals surface area contributed by atoms with Crippen molar-refractivity contribution in [2.75, 3.05) is 7.11 Å². The normalized spacial score (nSPS) is 12.2. The summed E-state index contributed by atoms with van der Waals surface area (Å²) in [6.07, 6.45) is 0. The third-order valence-electron chi connectivity index (χ3n) is 3.84. The van der Waals surface area contributed by atoms with Gasteiger partial charge in [-0.25, -0.2) is 8.42 Å². The van der Waals surface area contributed by atoms with Crippen LogP contribution in [0.5, 0.6) is 5.75 Å². The number of ether oxygens (including phenoxy) is 1. The predicted octanol–water partition coefficient (Wildman–Crippen LogP) is 2.08. The predicted molar refractivity (Wildman–Crippen MR) is 94.6 cm³/mol. The van der Waals surface area contributed by atoms with Crippen LogP contribution in [0.4, 0.5) is 5.69 Å². The van der Waals surface area contributed by atoms with Gasteiger partial charge in [0.15, 0.2) is 9.84 Å². The van der Waals surface area contributed by atoms with Gasteiger partial charge in [0.25, 0.3) is 5.69 Å². The molecule has 26 heavy (non-hydrogen) atoms. The van der Waals surface area contributed by atoms with Gasteiger partial charge in [-0.05, 0) is 36.8 Å². The van der Waals surface area contributed by atoms with Crippen LogP contribution in [-0.4, -0.2) is 31.6 Å². The van der Waals surface area contributed by atoms with Crippen molar-refractivity contribution in [2.45, 2.75) is 23.6 Å². The second kappa shape index (κ2) is 7.96. The summed E-state index contributed by atoms with van der Waals surface area (Å²) in [5.74, 6) is 0.0216. The number of nitrogens with one attached hydrogen (secondary N) is 1. The number of benzene rings is 2. The first-order chi connectivity index (χ1) is 12.3. The van der Waals surface area contributed by atoms with Gasteiger partial charge >= 0.3 is 0 Å². The zero-order valence-corrected chi connectivity index (χ0v) is 15.0. The SMILES string of the molecule is COc1ccc(CNC(=O)[C@H](C)S(=O)(=O)c2ccc([N+](=O)[O-])cc2)cc1. The molecule has 0 bridgehead atoms. The van der Waals surface area contributed by atoms with Crippen molar-refractivity contribution in [3.8, 4) is 5.75 Å². The van der Waals surface area contributed by atoms with Crippen LogP contribution < -0.4 is 10.1 Å². The summed E-state index contributed by atoms with van der Waals surface area (Å²) in [6, 6.07) is 11.4. The minimum Gasteiger partial charge on any atom is -0.497 e. The summed E-state index contributed by atoms with van der Waals surface area (Å²) in [7, 11) is -2.41. The molecule has 0 aliphatic rings. The van der Waals surface area contributed by atoms with E-state index in [1.165, 1.54) is 6.92 Å². The molecule has 138 valence electrons. The van der Waals surface area contributed by atoms with E-state index in [1.54, 1.807) is 31.4 Å². The number of non-ortho nitro benzene ring substituents is 1. The van der Waals surface area contributed by atoms with Crippen LogP contribution in [0, 0.1) is 10.1 Å². The maximum absolute atomic E-state index is 12.5. The molecule has 0 saturated carbocycles. The fourth-order valence-electron chi connectivity index (χ4n) is 2.18. The minimum absolute atomic E-state index is 0.143. The molecule has 0 aromatic heterocycles. The van der Waals surface area contributed by atoms with Gasteiger partial charge in [-0.2, -0.15) is 0 Å². The Hall–Kier alpha value is -2.94. The maximum Gasteiger partial charge on any atom is 0.269 e. The minimum atomic E-state index is -3.95. The van der Waals surface area contributed by atoms with Crippen LogP contribution in [0.15, 0.2) is 53.4 Å². The smallest absolute Gasteiger partial charge is 0.269 e. The molecule has 0 heterocycles. The maximum atomic E-state index is 12.5. The molecule has 2 aromatic rings. The molecule has 0 aliphatic carbocycles. The Morgan fingerprint density at radius 1 is 1.15 bits per heavy atom. The molecule has 0 radical (unpaired) electrons. The van der Waals surface area contributed by atoms with E-state index in [0.717, 1.165) is 29.8 Å². The molecule has 2 aromatic carbocycles. The highest BCUT2D eigenvalue weighted by atomic mass is 32.2. The van der Waals surface area contributed by atoms with Crippen molar-refractivity contribution in [3.63, 3.8) is 0 Å². The van der Waals surface area contributed by atoms with Gasteiger partial charge in [-0.3, -0.25) is 14.9 Å². The van der Waals surface area contributed by atoms with E-state index in [9.17, 15) is 23.3 Å². The van der Waals surface area contributed by atoms with Crippen LogP contribution in [0.25, 0.3) is 0 Å². The number of nitro groups is 1. The summed E-state index contributed by atoms with van der Waals surface area (Å²) in [5, 5.41) is 11.9. The third-order valence-corrected chi connectivity index (χ3v) is 5.91. The summed E-state index contributed by atoms with van der Waals surface area (Å²) in [4.78, 5) is 22.1. The van der Waals surface area contributed by atoms with Crippen LogP contribution in [0.2, 0.25) is 0 Å². The molecule has 8 nitrogen and oxygen atoms in total. The lowest BCUT2D eigenvalue weighted by Gasteiger charge is -2.13. The van der Waals surface area contributed by atoms with E-state index in [4.69, 9.17) is 4.74 Å². The number of rotatable bonds is 7.